The van der Waals surface area contributed by atoms with Crippen LogP contribution in [0.3, 0.4) is 0 Å². The Morgan fingerprint density at radius 2 is 0.887 bits per heavy atom. The molecule has 4 aromatic carbocycles. The van der Waals surface area contributed by atoms with Crippen LogP contribution in [0.15, 0.2) is 90.7 Å². The Labute approximate surface area is 401 Å². The number of aryl methyl sites for hydroxylation is 2. The Balaban J connectivity index is 0.000000219. The highest BCUT2D eigenvalue weighted by atomic mass is 79.9. The number of carbonyl (C=O) groups is 6. The number of fused-ring (bicyclic) bond motifs is 4. The molecule has 0 spiro atoms. The third kappa shape index (κ3) is 14.7. The first-order chi connectivity index (χ1) is 28.7. The second-order valence-electron chi connectivity index (χ2n) is 15.4. The normalized spacial score (nSPS) is 17.6. The minimum absolute atomic E-state index is 0. The molecular weight excluding hydrogens is 1040 g/mol. The van der Waals surface area contributed by atoms with Gasteiger partial charge in [0.1, 0.15) is 0 Å². The molecule has 2 amide bonds. The van der Waals surface area contributed by atoms with Crippen molar-refractivity contribution in [2.45, 2.75) is 131 Å². The molecule has 332 valence electrons. The molecule has 0 aromatic heterocycles. The standard InChI is InChI=1S/2C13H14BrNO2.2C11H11BrO.2CH4/c1-8(16)15-12-7-3-4-9-10(13(12)17)5-2-6-11(9)14;1-8(16)15-12-4-2-3-9-5-6-10(14)7-11(9)13(12)17;12-10-6-3-5-9-8(10)4-1-2-7-11(9)13;12-9-6-5-8-3-1-2-4-11(13)10(8)7-9;;/h2,5-6,12H,3-4,7H2,1H3,(H,15,16);5-7,12H,2-4H2,1H3,(H,15,16);3,5-6H,1-2,4,7H2;5-7H,1-4H2;2*1H4. The number of rotatable bonds is 2. The number of amides is 2. The second kappa shape index (κ2) is 25.6. The monoisotopic (exact) mass is 1100 g/mol. The summed E-state index contributed by atoms with van der Waals surface area (Å²) in [5, 5.41) is 5.46. The van der Waals surface area contributed by atoms with E-state index in [9.17, 15) is 28.8 Å². The van der Waals surface area contributed by atoms with Crippen LogP contribution >= 0.6 is 63.7 Å². The zero-order valence-electron chi connectivity index (χ0n) is 33.9. The lowest BCUT2D eigenvalue weighted by Gasteiger charge is -2.14. The smallest absolute Gasteiger partial charge is 0.217 e. The van der Waals surface area contributed by atoms with Crippen LogP contribution in [0.5, 0.6) is 0 Å². The number of carbonyl (C=O) groups excluding carboxylic acids is 6. The van der Waals surface area contributed by atoms with Crippen LogP contribution in [0.1, 0.15) is 157 Å². The zero-order valence-corrected chi connectivity index (χ0v) is 40.3. The zero-order chi connectivity index (χ0) is 43.3. The van der Waals surface area contributed by atoms with Gasteiger partial charge in [0, 0.05) is 66.8 Å². The average molecular weight is 1100 g/mol. The van der Waals surface area contributed by atoms with Crippen molar-refractivity contribution in [1.29, 1.82) is 0 Å². The summed E-state index contributed by atoms with van der Waals surface area (Å²) in [6.45, 7) is 2.89. The van der Waals surface area contributed by atoms with E-state index in [0.717, 1.165) is 115 Å². The Hall–Kier alpha value is -3.58. The van der Waals surface area contributed by atoms with Gasteiger partial charge < -0.3 is 10.6 Å². The van der Waals surface area contributed by atoms with Crippen molar-refractivity contribution in [3.63, 3.8) is 0 Å². The van der Waals surface area contributed by atoms with Gasteiger partial charge >= 0.3 is 0 Å². The van der Waals surface area contributed by atoms with Crippen molar-refractivity contribution in [2.75, 3.05) is 0 Å². The van der Waals surface area contributed by atoms with Crippen LogP contribution in [0.4, 0.5) is 0 Å². The molecule has 2 N–H and O–H groups in total. The molecule has 0 fully saturated rings. The van der Waals surface area contributed by atoms with Gasteiger partial charge in [-0.2, -0.15) is 0 Å². The van der Waals surface area contributed by atoms with Gasteiger partial charge in [-0.05, 0) is 136 Å². The van der Waals surface area contributed by atoms with Gasteiger partial charge in [0.2, 0.25) is 11.8 Å². The largest absolute Gasteiger partial charge is 0.346 e. The van der Waals surface area contributed by atoms with Crippen LogP contribution in [0, 0.1) is 0 Å². The molecule has 12 heteroatoms. The third-order valence-electron chi connectivity index (χ3n) is 10.9. The number of Topliss-reactive ketones (excluding diaryl/α,β-unsaturated/α-hetero) is 4. The molecule has 4 aromatic rings. The number of ketones is 4. The van der Waals surface area contributed by atoms with Gasteiger partial charge in [-0.15, -0.1) is 0 Å². The van der Waals surface area contributed by atoms with Gasteiger partial charge in [-0.25, -0.2) is 0 Å². The highest BCUT2D eigenvalue weighted by Gasteiger charge is 2.28. The lowest BCUT2D eigenvalue weighted by atomic mass is 10.0. The predicted octanol–water partition coefficient (Wildman–Crippen LogP) is 12.9. The summed E-state index contributed by atoms with van der Waals surface area (Å²) in [7, 11) is 0. The summed E-state index contributed by atoms with van der Waals surface area (Å²) in [6.07, 6.45) is 12.8. The molecule has 0 saturated carbocycles. The number of nitrogens with one attached hydrogen (secondary N) is 2. The second-order valence-corrected chi connectivity index (χ2v) is 19.0. The van der Waals surface area contributed by atoms with E-state index in [2.05, 4.69) is 80.4 Å². The summed E-state index contributed by atoms with van der Waals surface area (Å²) in [4.78, 5) is 70.0. The number of benzene rings is 4. The summed E-state index contributed by atoms with van der Waals surface area (Å²) >= 11 is 13.7. The molecule has 2 atom stereocenters. The lowest BCUT2D eigenvalue weighted by molar-refractivity contribution is -0.120. The fourth-order valence-electron chi connectivity index (χ4n) is 7.98. The molecule has 8 nitrogen and oxygen atoms in total. The van der Waals surface area contributed by atoms with E-state index >= 15 is 0 Å². The maximum absolute atomic E-state index is 12.3. The van der Waals surface area contributed by atoms with E-state index in [1.807, 2.05) is 66.7 Å². The summed E-state index contributed by atoms with van der Waals surface area (Å²) < 4.78 is 3.96. The number of halogens is 4. The molecule has 4 aliphatic rings. The van der Waals surface area contributed by atoms with Crippen molar-refractivity contribution >= 4 is 98.7 Å². The maximum Gasteiger partial charge on any atom is 0.217 e. The van der Waals surface area contributed by atoms with Gasteiger partial charge in [-0.3, -0.25) is 28.8 Å². The van der Waals surface area contributed by atoms with Crippen LogP contribution in [-0.2, 0) is 35.3 Å². The first kappa shape index (κ1) is 52.8. The lowest BCUT2D eigenvalue weighted by Crippen LogP contribution is -2.39. The van der Waals surface area contributed by atoms with E-state index in [1.165, 1.54) is 25.0 Å². The number of hydrogen-bond acceptors (Lipinski definition) is 6. The molecule has 62 heavy (non-hydrogen) atoms. The highest BCUT2D eigenvalue weighted by Crippen LogP contribution is 2.29. The molecule has 4 aliphatic carbocycles. The Morgan fingerprint density at radius 1 is 0.484 bits per heavy atom. The van der Waals surface area contributed by atoms with Gasteiger partial charge in [-0.1, -0.05) is 115 Å². The van der Waals surface area contributed by atoms with Crippen LogP contribution in [0.25, 0.3) is 0 Å². The van der Waals surface area contributed by atoms with Crippen LogP contribution in [0.2, 0.25) is 0 Å². The van der Waals surface area contributed by atoms with Gasteiger partial charge in [0.25, 0.3) is 0 Å². The first-order valence-electron chi connectivity index (χ1n) is 20.5. The Morgan fingerprint density at radius 3 is 1.45 bits per heavy atom. The summed E-state index contributed by atoms with van der Waals surface area (Å²) in [5.41, 5.74) is 7.86. The minimum Gasteiger partial charge on any atom is -0.346 e. The fourth-order valence-corrected chi connectivity index (χ4v) is 9.83. The van der Waals surface area contributed by atoms with Crippen molar-refractivity contribution in [3.05, 3.63) is 135 Å². The third-order valence-corrected chi connectivity index (χ3v) is 13.4. The summed E-state index contributed by atoms with van der Waals surface area (Å²) in [6, 6.07) is 22.6. The van der Waals surface area contributed by atoms with Crippen LogP contribution in [-0.4, -0.2) is 47.0 Å². The molecule has 8 rings (SSSR count). The van der Waals surface area contributed by atoms with E-state index < -0.39 is 0 Å². The quantitative estimate of drug-likeness (QED) is 0.193. The maximum atomic E-state index is 12.3. The van der Waals surface area contributed by atoms with Crippen molar-refractivity contribution in [2.24, 2.45) is 0 Å². The SMILES string of the molecule is C.C.CC(=O)NC1CCCc2c(Br)cccc2C1=O.CC(=O)NC1CCCc2ccc(Br)cc2C1=O.O=C1CCCCc2c(Br)cccc21.O=C1CCCCc2ccc(Br)cc21. The minimum atomic E-state index is -0.372. The van der Waals surface area contributed by atoms with Crippen molar-refractivity contribution in [1.82, 2.24) is 10.6 Å². The Bertz CT molecular complexity index is 2220. The van der Waals surface area contributed by atoms with Crippen LogP contribution < -0.4 is 10.6 Å². The molecule has 0 aliphatic heterocycles. The highest BCUT2D eigenvalue weighted by molar-refractivity contribution is 9.11. The van der Waals surface area contributed by atoms with E-state index in [4.69, 9.17) is 0 Å². The molecule has 0 saturated heterocycles. The molecule has 0 bridgehead atoms. The van der Waals surface area contributed by atoms with Crippen molar-refractivity contribution in [3.8, 4) is 0 Å². The first-order valence-corrected chi connectivity index (χ1v) is 23.7. The van der Waals surface area contributed by atoms with Crippen molar-refractivity contribution < 1.29 is 28.8 Å². The van der Waals surface area contributed by atoms with E-state index in [-0.39, 0.29) is 50.3 Å². The van der Waals surface area contributed by atoms with Gasteiger partial charge in [0.15, 0.2) is 23.1 Å². The molecule has 2 unspecified atom stereocenters. The summed E-state index contributed by atoms with van der Waals surface area (Å²) in [5.74, 6) is 0.342. The molecular formula is C50H58Br4N2O6. The topological polar surface area (TPSA) is 126 Å². The average Bonchev–Trinajstić information content (AvgIpc) is 3.65. The van der Waals surface area contributed by atoms with E-state index in [1.54, 1.807) is 0 Å². The predicted molar refractivity (Wildman–Crippen MR) is 264 cm³/mol. The molecule has 0 heterocycles. The Kier molecular flexibility index (Phi) is 21.8. The van der Waals surface area contributed by atoms with E-state index in [0.29, 0.717) is 37.2 Å². The molecule has 0 radical (unpaired) electrons. The van der Waals surface area contributed by atoms with Gasteiger partial charge in [0.05, 0.1) is 12.1 Å². The number of hydrogen-bond donors (Lipinski definition) is 2. The fraction of sp³-hybridized carbons (Fsp3) is 0.400.